The number of nitrogens with zero attached hydrogens (tertiary/aromatic N) is 1. The van der Waals surface area contributed by atoms with Gasteiger partial charge in [-0.2, -0.15) is 0 Å². The van der Waals surface area contributed by atoms with Crippen molar-refractivity contribution in [3.05, 3.63) is 105 Å². The molecule has 3 rings (SSSR count). The van der Waals surface area contributed by atoms with Crippen LogP contribution in [0.1, 0.15) is 27.5 Å². The van der Waals surface area contributed by atoms with Crippen molar-refractivity contribution in [2.45, 2.75) is 6.04 Å². The smallest absolute Gasteiger partial charge is 0.293 e. The molecule has 3 aromatic rings. The van der Waals surface area contributed by atoms with Crippen molar-refractivity contribution in [1.82, 2.24) is 0 Å². The standard InChI is InChI=1S/C21H16FN3O4/c22-16-9-6-13(7-10-16)19(21(23)27)24-17-11-8-15(12-18(17)25(28)29)20(26)14-4-2-1-3-5-14/h1-12,19,24H,(H2,23,27). The van der Waals surface area contributed by atoms with E-state index in [1.165, 1.54) is 24.3 Å². The topological polar surface area (TPSA) is 115 Å². The summed E-state index contributed by atoms with van der Waals surface area (Å²) in [7, 11) is 0. The van der Waals surface area contributed by atoms with Gasteiger partial charge in [0.15, 0.2) is 5.78 Å². The van der Waals surface area contributed by atoms with Crippen molar-refractivity contribution in [3.63, 3.8) is 0 Å². The quantitative estimate of drug-likeness (QED) is 0.361. The van der Waals surface area contributed by atoms with Crippen LogP contribution in [0.3, 0.4) is 0 Å². The number of ketones is 1. The Hall–Kier alpha value is -4.07. The van der Waals surface area contributed by atoms with E-state index in [4.69, 9.17) is 5.73 Å². The Morgan fingerprint density at radius 2 is 1.62 bits per heavy atom. The lowest BCUT2D eigenvalue weighted by Gasteiger charge is -2.17. The number of hydrogen-bond acceptors (Lipinski definition) is 5. The number of nitro benzene ring substituents is 1. The van der Waals surface area contributed by atoms with Crippen LogP contribution in [-0.2, 0) is 4.79 Å². The molecule has 3 N–H and O–H groups in total. The van der Waals surface area contributed by atoms with E-state index in [2.05, 4.69) is 5.32 Å². The van der Waals surface area contributed by atoms with Crippen molar-refractivity contribution >= 4 is 23.1 Å². The molecule has 8 heteroatoms. The molecule has 0 aliphatic heterocycles. The van der Waals surface area contributed by atoms with E-state index in [0.717, 1.165) is 18.2 Å². The van der Waals surface area contributed by atoms with Gasteiger partial charge in [0.1, 0.15) is 17.5 Å². The number of nitro groups is 1. The van der Waals surface area contributed by atoms with Crippen molar-refractivity contribution in [1.29, 1.82) is 0 Å². The Morgan fingerprint density at radius 1 is 0.966 bits per heavy atom. The molecule has 0 heterocycles. The average Bonchev–Trinajstić information content (AvgIpc) is 2.72. The van der Waals surface area contributed by atoms with Crippen LogP contribution in [-0.4, -0.2) is 16.6 Å². The number of halogens is 1. The first kappa shape index (κ1) is 19.7. The second-order valence-corrected chi connectivity index (χ2v) is 6.22. The van der Waals surface area contributed by atoms with Crippen LogP contribution in [0.2, 0.25) is 0 Å². The first-order valence-electron chi connectivity index (χ1n) is 8.56. The predicted molar refractivity (Wildman–Crippen MR) is 105 cm³/mol. The second kappa shape index (κ2) is 8.30. The normalized spacial score (nSPS) is 11.5. The summed E-state index contributed by atoms with van der Waals surface area (Å²) in [6.45, 7) is 0. The maximum atomic E-state index is 13.2. The molecule has 0 saturated carbocycles. The maximum absolute atomic E-state index is 13.2. The number of nitrogens with two attached hydrogens (primary N) is 1. The number of hydrogen-bond donors (Lipinski definition) is 2. The number of amides is 1. The third-order valence-electron chi connectivity index (χ3n) is 4.28. The van der Waals surface area contributed by atoms with Gasteiger partial charge in [-0.15, -0.1) is 0 Å². The van der Waals surface area contributed by atoms with Crippen LogP contribution >= 0.6 is 0 Å². The highest BCUT2D eigenvalue weighted by atomic mass is 19.1. The molecule has 0 aromatic heterocycles. The van der Waals surface area contributed by atoms with Gasteiger partial charge >= 0.3 is 0 Å². The molecule has 1 atom stereocenters. The van der Waals surface area contributed by atoms with Gasteiger partial charge in [-0.05, 0) is 29.8 Å². The lowest BCUT2D eigenvalue weighted by molar-refractivity contribution is -0.384. The number of carbonyl (C=O) groups excluding carboxylic acids is 2. The highest BCUT2D eigenvalue weighted by molar-refractivity contribution is 6.09. The zero-order chi connectivity index (χ0) is 21.0. The molecule has 1 unspecified atom stereocenters. The van der Waals surface area contributed by atoms with E-state index in [0.29, 0.717) is 11.1 Å². The molecule has 29 heavy (non-hydrogen) atoms. The van der Waals surface area contributed by atoms with Crippen LogP contribution in [0.15, 0.2) is 72.8 Å². The molecule has 3 aromatic carbocycles. The van der Waals surface area contributed by atoms with E-state index in [9.17, 15) is 24.1 Å². The Morgan fingerprint density at radius 3 is 2.21 bits per heavy atom. The van der Waals surface area contributed by atoms with Crippen LogP contribution < -0.4 is 11.1 Å². The molecule has 146 valence electrons. The minimum absolute atomic E-state index is 0.00716. The fraction of sp³-hybridized carbons (Fsp3) is 0.0476. The van der Waals surface area contributed by atoms with Gasteiger partial charge in [0, 0.05) is 17.2 Å². The number of rotatable bonds is 7. The summed E-state index contributed by atoms with van der Waals surface area (Å²) in [4.78, 5) is 35.3. The Bertz CT molecular complexity index is 1070. The van der Waals surface area contributed by atoms with E-state index >= 15 is 0 Å². The third-order valence-corrected chi connectivity index (χ3v) is 4.28. The van der Waals surface area contributed by atoms with Crippen LogP contribution in [0.5, 0.6) is 0 Å². The number of primary amides is 1. The zero-order valence-corrected chi connectivity index (χ0v) is 15.0. The summed E-state index contributed by atoms with van der Waals surface area (Å²) in [6.07, 6.45) is 0. The molecule has 1 amide bonds. The van der Waals surface area contributed by atoms with Crippen molar-refractivity contribution in [3.8, 4) is 0 Å². The monoisotopic (exact) mass is 393 g/mol. The maximum Gasteiger partial charge on any atom is 0.293 e. The van der Waals surface area contributed by atoms with Gasteiger partial charge in [-0.1, -0.05) is 42.5 Å². The largest absolute Gasteiger partial charge is 0.368 e. The lowest BCUT2D eigenvalue weighted by Crippen LogP contribution is -2.28. The number of anilines is 1. The molecular formula is C21H16FN3O4. The van der Waals surface area contributed by atoms with Crippen LogP contribution in [0.4, 0.5) is 15.8 Å². The van der Waals surface area contributed by atoms with E-state index in [-0.39, 0.29) is 22.7 Å². The highest BCUT2D eigenvalue weighted by Gasteiger charge is 2.24. The van der Waals surface area contributed by atoms with Gasteiger partial charge < -0.3 is 11.1 Å². The molecule has 7 nitrogen and oxygen atoms in total. The zero-order valence-electron chi connectivity index (χ0n) is 15.0. The number of carbonyl (C=O) groups is 2. The second-order valence-electron chi connectivity index (χ2n) is 6.22. The number of nitrogens with one attached hydrogen (secondary N) is 1. The van der Waals surface area contributed by atoms with E-state index in [1.807, 2.05) is 0 Å². The molecule has 0 fully saturated rings. The number of benzene rings is 3. The van der Waals surface area contributed by atoms with Crippen molar-refractivity contribution in [2.75, 3.05) is 5.32 Å². The Labute approximate surface area is 165 Å². The molecular weight excluding hydrogens is 377 g/mol. The summed E-state index contributed by atoms with van der Waals surface area (Å²) in [6, 6.07) is 16.2. The lowest BCUT2D eigenvalue weighted by atomic mass is 10.0. The summed E-state index contributed by atoms with van der Waals surface area (Å²) in [5, 5.41) is 14.3. The Kier molecular flexibility index (Phi) is 5.64. The molecule has 0 aliphatic carbocycles. The SMILES string of the molecule is NC(=O)C(Nc1ccc(C(=O)c2ccccc2)cc1[N+](=O)[O-])c1ccc(F)cc1. The molecule has 0 radical (unpaired) electrons. The third kappa shape index (κ3) is 4.44. The highest BCUT2D eigenvalue weighted by Crippen LogP contribution is 2.30. The van der Waals surface area contributed by atoms with Crippen LogP contribution in [0, 0.1) is 15.9 Å². The van der Waals surface area contributed by atoms with Gasteiger partial charge in [0.2, 0.25) is 5.91 Å². The Balaban J connectivity index is 1.96. The summed E-state index contributed by atoms with van der Waals surface area (Å²) < 4.78 is 13.2. The predicted octanol–water partition coefficient (Wildman–Crippen LogP) is 3.60. The average molecular weight is 393 g/mol. The summed E-state index contributed by atoms with van der Waals surface area (Å²) in [5.41, 5.74) is 5.90. The van der Waals surface area contributed by atoms with Crippen LogP contribution in [0.25, 0.3) is 0 Å². The molecule has 0 saturated heterocycles. The summed E-state index contributed by atoms with van der Waals surface area (Å²) >= 11 is 0. The minimum Gasteiger partial charge on any atom is -0.368 e. The van der Waals surface area contributed by atoms with Gasteiger partial charge in [0.05, 0.1) is 4.92 Å². The van der Waals surface area contributed by atoms with E-state index < -0.39 is 22.7 Å². The van der Waals surface area contributed by atoms with Gasteiger partial charge in [0.25, 0.3) is 5.69 Å². The minimum atomic E-state index is -1.12. The molecule has 0 bridgehead atoms. The molecule has 0 spiro atoms. The first-order valence-corrected chi connectivity index (χ1v) is 8.56. The van der Waals surface area contributed by atoms with Gasteiger partial charge in [-0.3, -0.25) is 19.7 Å². The first-order chi connectivity index (χ1) is 13.9. The van der Waals surface area contributed by atoms with Gasteiger partial charge in [-0.25, -0.2) is 4.39 Å². The van der Waals surface area contributed by atoms with Crippen molar-refractivity contribution < 1.29 is 18.9 Å². The molecule has 0 aliphatic rings. The summed E-state index contributed by atoms with van der Waals surface area (Å²) in [5.74, 6) is -1.66. The van der Waals surface area contributed by atoms with Crippen molar-refractivity contribution in [2.24, 2.45) is 5.73 Å². The van der Waals surface area contributed by atoms with E-state index in [1.54, 1.807) is 30.3 Å². The fourth-order valence-electron chi connectivity index (χ4n) is 2.83. The fourth-order valence-corrected chi connectivity index (χ4v) is 2.83.